The van der Waals surface area contributed by atoms with Crippen LogP contribution < -0.4 is 0 Å². The summed E-state index contributed by atoms with van der Waals surface area (Å²) >= 11 is 3.54. The highest BCUT2D eigenvalue weighted by Crippen LogP contribution is 2.28. The van der Waals surface area contributed by atoms with Gasteiger partial charge < -0.3 is 0 Å². The van der Waals surface area contributed by atoms with Gasteiger partial charge in [0.15, 0.2) is 0 Å². The smallest absolute Gasteiger partial charge is 0.126 e. The Balaban J connectivity index is 2.85. The molecule has 0 saturated heterocycles. The van der Waals surface area contributed by atoms with E-state index in [2.05, 4.69) is 22.9 Å². The lowest BCUT2D eigenvalue weighted by Gasteiger charge is -2.18. The summed E-state index contributed by atoms with van der Waals surface area (Å²) in [7, 11) is 0. The largest absolute Gasteiger partial charge is 0.207 e. The zero-order chi connectivity index (χ0) is 11.4. The van der Waals surface area contributed by atoms with Gasteiger partial charge in [-0.2, -0.15) is 0 Å². The monoisotopic (exact) mass is 276 g/mol. The van der Waals surface area contributed by atoms with Gasteiger partial charge >= 0.3 is 0 Å². The van der Waals surface area contributed by atoms with Crippen molar-refractivity contribution in [2.24, 2.45) is 0 Å². The van der Waals surface area contributed by atoms with Crippen molar-refractivity contribution in [3.63, 3.8) is 0 Å². The fourth-order valence-corrected chi connectivity index (χ4v) is 2.34. The van der Waals surface area contributed by atoms with E-state index in [-0.39, 0.29) is 10.7 Å². The summed E-state index contributed by atoms with van der Waals surface area (Å²) in [5.74, 6) is -0.892. The molecule has 84 valence electrons. The molecule has 1 rings (SSSR count). The quantitative estimate of drug-likeness (QED) is 0.704. The predicted molar refractivity (Wildman–Crippen MR) is 62.4 cm³/mol. The van der Waals surface area contributed by atoms with Crippen LogP contribution in [0.25, 0.3) is 0 Å². The highest BCUT2D eigenvalue weighted by Gasteiger charge is 2.16. The SMILES string of the molecule is CCCC(Br)C(C)c1cc(F)cc(F)c1. The van der Waals surface area contributed by atoms with Gasteiger partial charge in [-0.25, -0.2) is 8.78 Å². The van der Waals surface area contributed by atoms with Gasteiger partial charge in [0.05, 0.1) is 0 Å². The maximum absolute atomic E-state index is 13.0. The van der Waals surface area contributed by atoms with Crippen molar-refractivity contribution >= 4 is 15.9 Å². The van der Waals surface area contributed by atoms with Crippen LogP contribution in [0.15, 0.2) is 18.2 Å². The Hall–Kier alpha value is -0.440. The minimum Gasteiger partial charge on any atom is -0.207 e. The lowest BCUT2D eigenvalue weighted by molar-refractivity contribution is 0.570. The minimum atomic E-state index is -0.506. The lowest BCUT2D eigenvalue weighted by Crippen LogP contribution is -2.09. The third kappa shape index (κ3) is 3.56. The third-order valence-electron chi connectivity index (χ3n) is 2.52. The molecule has 0 N–H and O–H groups in total. The van der Waals surface area contributed by atoms with Crippen molar-refractivity contribution in [3.05, 3.63) is 35.4 Å². The summed E-state index contributed by atoms with van der Waals surface area (Å²) in [4.78, 5) is 0.267. The van der Waals surface area contributed by atoms with Crippen LogP contribution in [0.1, 0.15) is 38.2 Å². The highest BCUT2D eigenvalue weighted by atomic mass is 79.9. The van der Waals surface area contributed by atoms with Crippen molar-refractivity contribution < 1.29 is 8.78 Å². The van der Waals surface area contributed by atoms with Crippen molar-refractivity contribution in [2.45, 2.75) is 37.4 Å². The zero-order valence-corrected chi connectivity index (χ0v) is 10.5. The van der Waals surface area contributed by atoms with E-state index in [4.69, 9.17) is 0 Å². The van der Waals surface area contributed by atoms with Crippen LogP contribution in [0.5, 0.6) is 0 Å². The van der Waals surface area contributed by atoms with Crippen molar-refractivity contribution in [3.8, 4) is 0 Å². The molecule has 2 unspecified atom stereocenters. The summed E-state index contributed by atoms with van der Waals surface area (Å²) < 4.78 is 26.0. The van der Waals surface area contributed by atoms with Crippen LogP contribution >= 0.6 is 15.9 Å². The van der Waals surface area contributed by atoms with Crippen LogP contribution in [-0.2, 0) is 0 Å². The van der Waals surface area contributed by atoms with Gasteiger partial charge in [0.2, 0.25) is 0 Å². The molecule has 2 atom stereocenters. The Morgan fingerprint density at radius 3 is 2.20 bits per heavy atom. The summed E-state index contributed by atoms with van der Waals surface area (Å²) in [5, 5.41) is 0. The topological polar surface area (TPSA) is 0 Å². The minimum absolute atomic E-state index is 0.121. The molecule has 0 aromatic heterocycles. The molecule has 15 heavy (non-hydrogen) atoms. The van der Waals surface area contributed by atoms with E-state index in [1.165, 1.54) is 12.1 Å². The van der Waals surface area contributed by atoms with Crippen LogP contribution in [0, 0.1) is 11.6 Å². The second-order valence-electron chi connectivity index (χ2n) is 3.80. The average molecular weight is 277 g/mol. The molecule has 1 aromatic carbocycles. The van der Waals surface area contributed by atoms with Gasteiger partial charge in [-0.1, -0.05) is 36.2 Å². The molecule has 0 aliphatic rings. The molecular weight excluding hydrogens is 262 g/mol. The Morgan fingerprint density at radius 2 is 1.73 bits per heavy atom. The molecule has 1 aromatic rings. The first-order chi connectivity index (χ1) is 7.04. The van der Waals surface area contributed by atoms with E-state index in [1.54, 1.807) is 0 Å². The maximum Gasteiger partial charge on any atom is 0.126 e. The predicted octanol–water partition coefficient (Wildman–Crippen LogP) is 4.63. The Bertz CT molecular complexity index is 305. The first kappa shape index (κ1) is 12.6. The van der Waals surface area contributed by atoms with Crippen molar-refractivity contribution in [1.29, 1.82) is 0 Å². The van der Waals surface area contributed by atoms with Gasteiger partial charge in [-0.05, 0) is 30.0 Å². The Kier molecular flexibility index (Phi) is 4.71. The van der Waals surface area contributed by atoms with Gasteiger partial charge in [0.25, 0.3) is 0 Å². The molecule has 0 bridgehead atoms. The molecule has 0 aliphatic heterocycles. The second kappa shape index (κ2) is 5.59. The molecule has 0 radical (unpaired) electrons. The molecule has 0 heterocycles. The normalized spacial score (nSPS) is 15.0. The third-order valence-corrected chi connectivity index (χ3v) is 3.77. The van der Waals surface area contributed by atoms with E-state index >= 15 is 0 Å². The highest BCUT2D eigenvalue weighted by molar-refractivity contribution is 9.09. The number of hydrogen-bond donors (Lipinski definition) is 0. The molecule has 0 nitrogen and oxygen atoms in total. The maximum atomic E-state index is 13.0. The van der Waals surface area contributed by atoms with Gasteiger partial charge in [-0.3, -0.25) is 0 Å². The molecule has 0 spiro atoms. The molecule has 0 aliphatic carbocycles. The van der Waals surface area contributed by atoms with Crippen LogP contribution in [0.2, 0.25) is 0 Å². The van der Waals surface area contributed by atoms with E-state index in [1.807, 2.05) is 6.92 Å². The average Bonchev–Trinajstić information content (AvgIpc) is 2.15. The number of rotatable bonds is 4. The lowest BCUT2D eigenvalue weighted by atomic mass is 9.95. The number of benzene rings is 1. The van der Waals surface area contributed by atoms with Crippen LogP contribution in [-0.4, -0.2) is 4.83 Å². The first-order valence-electron chi connectivity index (χ1n) is 5.14. The van der Waals surface area contributed by atoms with Crippen molar-refractivity contribution in [2.75, 3.05) is 0 Å². The fourth-order valence-electron chi connectivity index (χ4n) is 1.57. The van der Waals surface area contributed by atoms with Gasteiger partial charge in [-0.15, -0.1) is 0 Å². The Labute approximate surface area is 97.8 Å². The summed E-state index contributed by atoms with van der Waals surface area (Å²) in [6.45, 7) is 4.07. The van der Waals surface area contributed by atoms with Crippen LogP contribution in [0.3, 0.4) is 0 Å². The molecule has 0 amide bonds. The number of halogens is 3. The molecule has 3 heteroatoms. The summed E-state index contributed by atoms with van der Waals surface area (Å²) in [6.07, 6.45) is 2.05. The summed E-state index contributed by atoms with van der Waals surface area (Å²) in [6, 6.07) is 3.70. The van der Waals surface area contributed by atoms with E-state index in [9.17, 15) is 8.78 Å². The molecule has 0 saturated carbocycles. The van der Waals surface area contributed by atoms with E-state index in [0.29, 0.717) is 5.56 Å². The molecule has 0 fully saturated rings. The van der Waals surface area contributed by atoms with Crippen molar-refractivity contribution in [1.82, 2.24) is 0 Å². The van der Waals surface area contributed by atoms with E-state index < -0.39 is 11.6 Å². The molecular formula is C12H15BrF2. The van der Waals surface area contributed by atoms with Crippen LogP contribution in [0.4, 0.5) is 8.78 Å². The number of alkyl halides is 1. The zero-order valence-electron chi connectivity index (χ0n) is 8.93. The van der Waals surface area contributed by atoms with E-state index in [0.717, 1.165) is 18.9 Å². The summed E-state index contributed by atoms with van der Waals surface area (Å²) in [5.41, 5.74) is 0.711. The number of hydrogen-bond acceptors (Lipinski definition) is 0. The Morgan fingerprint density at radius 1 is 1.20 bits per heavy atom. The standard InChI is InChI=1S/C12H15BrF2/c1-3-4-12(13)8(2)9-5-10(14)7-11(15)6-9/h5-8,12H,3-4H2,1-2H3. The van der Waals surface area contributed by atoms with Gasteiger partial charge in [0.1, 0.15) is 11.6 Å². The fraction of sp³-hybridized carbons (Fsp3) is 0.500. The second-order valence-corrected chi connectivity index (χ2v) is 4.97. The first-order valence-corrected chi connectivity index (χ1v) is 6.06. The van der Waals surface area contributed by atoms with Gasteiger partial charge in [0, 0.05) is 10.9 Å².